The molecule has 1 aliphatic rings. The lowest BCUT2D eigenvalue weighted by atomic mass is 9.75. The van der Waals surface area contributed by atoms with E-state index in [4.69, 9.17) is 10.5 Å². The Hall–Kier alpha value is -1.00. The molecule has 2 N–H and O–H groups in total. The van der Waals surface area contributed by atoms with Gasteiger partial charge in [0, 0.05) is 18.8 Å². The van der Waals surface area contributed by atoms with Crippen molar-refractivity contribution in [3.8, 4) is 0 Å². The van der Waals surface area contributed by atoms with Crippen molar-refractivity contribution >= 4 is 0 Å². The van der Waals surface area contributed by atoms with Crippen LogP contribution in [0, 0.1) is 17.0 Å². The quantitative estimate of drug-likeness (QED) is 0.881. The molecule has 2 nitrogen and oxygen atoms in total. The fourth-order valence-electron chi connectivity index (χ4n) is 2.33. The highest BCUT2D eigenvalue weighted by atomic mass is 19.1. The molecule has 0 amide bonds. The number of ether oxygens (including phenoxy) is 1. The number of nitrogens with two attached hydrogens (primary N) is 1. The van der Waals surface area contributed by atoms with Gasteiger partial charge in [0.05, 0.1) is 0 Å². The Balaban J connectivity index is 2.23. The maximum absolute atomic E-state index is 13.6. The Kier molecular flexibility index (Phi) is 3.74. The minimum absolute atomic E-state index is 0.153. The summed E-state index contributed by atoms with van der Waals surface area (Å²) in [5.74, 6) is -0.964. The second kappa shape index (κ2) is 5.10. The summed E-state index contributed by atoms with van der Waals surface area (Å²) in [7, 11) is 0. The summed E-state index contributed by atoms with van der Waals surface area (Å²) in [6.45, 7) is 1.67. The van der Waals surface area contributed by atoms with Crippen LogP contribution < -0.4 is 5.73 Å². The molecule has 0 saturated carbocycles. The van der Waals surface area contributed by atoms with Gasteiger partial charge in [-0.15, -0.1) is 0 Å². The van der Waals surface area contributed by atoms with Crippen LogP contribution in [0.15, 0.2) is 18.2 Å². The van der Waals surface area contributed by atoms with Gasteiger partial charge in [-0.2, -0.15) is 0 Å². The number of rotatable bonds is 3. The molecule has 0 aromatic heterocycles. The summed E-state index contributed by atoms with van der Waals surface area (Å²) >= 11 is 0. The summed E-state index contributed by atoms with van der Waals surface area (Å²) in [6.07, 6.45) is 1.87. The number of hydrogen-bond donors (Lipinski definition) is 1. The van der Waals surface area contributed by atoms with E-state index >= 15 is 0 Å². The molecule has 0 radical (unpaired) electrons. The lowest BCUT2D eigenvalue weighted by Gasteiger charge is -2.36. The molecular weight excluding hydrogens is 224 g/mol. The molecule has 1 fully saturated rings. The number of hydrogen-bond acceptors (Lipinski definition) is 2. The molecule has 1 aliphatic heterocycles. The van der Waals surface area contributed by atoms with Gasteiger partial charge >= 0.3 is 0 Å². The molecule has 94 valence electrons. The first-order valence-electron chi connectivity index (χ1n) is 5.88. The summed E-state index contributed by atoms with van der Waals surface area (Å²) in [5.41, 5.74) is 5.72. The van der Waals surface area contributed by atoms with Gasteiger partial charge in [0.1, 0.15) is 11.6 Å². The van der Waals surface area contributed by atoms with Crippen molar-refractivity contribution in [2.45, 2.75) is 19.3 Å². The summed E-state index contributed by atoms with van der Waals surface area (Å²) in [5, 5.41) is 0. The van der Waals surface area contributed by atoms with Crippen LogP contribution >= 0.6 is 0 Å². The zero-order valence-corrected chi connectivity index (χ0v) is 9.72. The van der Waals surface area contributed by atoms with Gasteiger partial charge in [-0.05, 0) is 43.4 Å². The highest BCUT2D eigenvalue weighted by Crippen LogP contribution is 2.34. The van der Waals surface area contributed by atoms with Gasteiger partial charge in [-0.3, -0.25) is 0 Å². The molecule has 1 aromatic carbocycles. The Bertz CT molecular complexity index is 369. The zero-order chi connectivity index (χ0) is 12.3. The van der Waals surface area contributed by atoms with E-state index in [0.29, 0.717) is 26.2 Å². The van der Waals surface area contributed by atoms with E-state index in [1.54, 1.807) is 0 Å². The standard InChI is InChI=1S/C13H17F2NO/c14-11-2-1-3-12(15)10(11)8-13(9-16)4-6-17-7-5-13/h1-3H,4-9,16H2. The predicted molar refractivity (Wildman–Crippen MR) is 61.6 cm³/mol. The van der Waals surface area contributed by atoms with Crippen LogP contribution in [0.25, 0.3) is 0 Å². The third-order valence-corrected chi connectivity index (χ3v) is 3.60. The third-order valence-electron chi connectivity index (χ3n) is 3.60. The van der Waals surface area contributed by atoms with Crippen molar-refractivity contribution in [2.24, 2.45) is 11.1 Å². The van der Waals surface area contributed by atoms with Crippen LogP contribution in [0.5, 0.6) is 0 Å². The molecule has 0 spiro atoms. The summed E-state index contributed by atoms with van der Waals surface area (Å²) in [6, 6.07) is 3.97. The van der Waals surface area contributed by atoms with Crippen molar-refractivity contribution in [1.82, 2.24) is 0 Å². The fourth-order valence-corrected chi connectivity index (χ4v) is 2.33. The molecule has 17 heavy (non-hydrogen) atoms. The van der Waals surface area contributed by atoms with Gasteiger partial charge < -0.3 is 10.5 Å². The van der Waals surface area contributed by atoms with E-state index in [-0.39, 0.29) is 11.0 Å². The van der Waals surface area contributed by atoms with Crippen molar-refractivity contribution in [3.05, 3.63) is 35.4 Å². The molecule has 0 unspecified atom stereocenters. The maximum atomic E-state index is 13.6. The van der Waals surface area contributed by atoms with E-state index in [1.165, 1.54) is 18.2 Å². The van der Waals surface area contributed by atoms with Gasteiger partial charge in [0.25, 0.3) is 0 Å². The number of benzene rings is 1. The van der Waals surface area contributed by atoms with E-state index in [2.05, 4.69) is 0 Å². The maximum Gasteiger partial charge on any atom is 0.129 e. The number of halogens is 2. The van der Waals surface area contributed by atoms with Crippen molar-refractivity contribution in [1.29, 1.82) is 0 Å². The summed E-state index contributed by atoms with van der Waals surface area (Å²) < 4.78 is 32.5. The normalized spacial score (nSPS) is 19.2. The van der Waals surface area contributed by atoms with E-state index < -0.39 is 11.6 Å². The van der Waals surface area contributed by atoms with Crippen LogP contribution in [-0.2, 0) is 11.2 Å². The van der Waals surface area contributed by atoms with E-state index in [0.717, 1.165) is 12.8 Å². The first kappa shape index (κ1) is 12.5. The van der Waals surface area contributed by atoms with Crippen molar-refractivity contribution in [2.75, 3.05) is 19.8 Å². The molecule has 1 saturated heterocycles. The highest BCUT2D eigenvalue weighted by molar-refractivity contribution is 5.21. The SMILES string of the molecule is NCC1(Cc2c(F)cccc2F)CCOCC1. The highest BCUT2D eigenvalue weighted by Gasteiger charge is 2.33. The van der Waals surface area contributed by atoms with Crippen molar-refractivity contribution < 1.29 is 13.5 Å². The monoisotopic (exact) mass is 241 g/mol. The zero-order valence-electron chi connectivity index (χ0n) is 9.72. The predicted octanol–water partition coefficient (Wildman–Crippen LogP) is 2.26. The third kappa shape index (κ3) is 2.64. The van der Waals surface area contributed by atoms with E-state index in [1.807, 2.05) is 0 Å². The molecule has 4 heteroatoms. The summed E-state index contributed by atoms with van der Waals surface area (Å²) in [4.78, 5) is 0. The van der Waals surface area contributed by atoms with Crippen LogP contribution in [0.1, 0.15) is 18.4 Å². The fraction of sp³-hybridized carbons (Fsp3) is 0.538. The second-order valence-electron chi connectivity index (χ2n) is 4.69. The van der Waals surface area contributed by atoms with Gasteiger partial charge in [0.2, 0.25) is 0 Å². The molecule has 2 rings (SSSR count). The Morgan fingerprint density at radius 1 is 1.18 bits per heavy atom. The first-order chi connectivity index (χ1) is 8.17. The smallest absolute Gasteiger partial charge is 0.129 e. The Labute approximate surface area is 99.8 Å². The van der Waals surface area contributed by atoms with Gasteiger partial charge in [0.15, 0.2) is 0 Å². The Morgan fingerprint density at radius 2 is 1.76 bits per heavy atom. The largest absolute Gasteiger partial charge is 0.381 e. The first-order valence-corrected chi connectivity index (χ1v) is 5.88. The second-order valence-corrected chi connectivity index (χ2v) is 4.69. The van der Waals surface area contributed by atoms with E-state index in [9.17, 15) is 8.78 Å². The van der Waals surface area contributed by atoms with Crippen LogP contribution in [-0.4, -0.2) is 19.8 Å². The minimum Gasteiger partial charge on any atom is -0.381 e. The van der Waals surface area contributed by atoms with Gasteiger partial charge in [-0.1, -0.05) is 6.07 Å². The van der Waals surface area contributed by atoms with Crippen LogP contribution in [0.2, 0.25) is 0 Å². The topological polar surface area (TPSA) is 35.2 Å². The lowest BCUT2D eigenvalue weighted by molar-refractivity contribution is 0.0183. The Morgan fingerprint density at radius 3 is 2.29 bits per heavy atom. The average Bonchev–Trinajstić information content (AvgIpc) is 2.35. The molecule has 0 bridgehead atoms. The van der Waals surface area contributed by atoms with Crippen molar-refractivity contribution in [3.63, 3.8) is 0 Å². The molecule has 1 heterocycles. The molecule has 0 aliphatic carbocycles. The minimum atomic E-state index is -0.482. The van der Waals surface area contributed by atoms with Crippen LogP contribution in [0.3, 0.4) is 0 Å². The average molecular weight is 241 g/mol. The molecular formula is C13H17F2NO. The van der Waals surface area contributed by atoms with Crippen LogP contribution in [0.4, 0.5) is 8.78 Å². The van der Waals surface area contributed by atoms with Gasteiger partial charge in [-0.25, -0.2) is 8.78 Å². The lowest BCUT2D eigenvalue weighted by Crippen LogP contribution is -2.38. The molecule has 1 aromatic rings. The molecule has 0 atom stereocenters.